The summed E-state index contributed by atoms with van der Waals surface area (Å²) in [6.07, 6.45) is 1.70. The molecule has 0 spiro atoms. The Bertz CT molecular complexity index is 1460. The highest BCUT2D eigenvalue weighted by atomic mass is 35.5. The minimum atomic E-state index is -0.411. The molecule has 3 aromatic heterocycles. The van der Waals surface area contributed by atoms with Gasteiger partial charge in [-0.1, -0.05) is 59.1 Å². The summed E-state index contributed by atoms with van der Waals surface area (Å²) in [5.74, 6) is -0.779. The third-order valence-electron chi connectivity index (χ3n) is 4.84. The molecular weight excluding hydrogens is 495 g/mol. The molecule has 0 aliphatic rings. The zero-order valence-electron chi connectivity index (χ0n) is 16.8. The van der Waals surface area contributed by atoms with Gasteiger partial charge in [0.2, 0.25) is 0 Å². The normalized spacial score (nSPS) is 11.0. The largest absolute Gasteiger partial charge is 0.243 e. The Kier molecular flexibility index (Phi) is 6.58. The topological polar surface area (TPSA) is 38.7 Å². The summed E-state index contributed by atoms with van der Waals surface area (Å²) in [7, 11) is 0. The number of halogens is 5. The molecule has 3 heterocycles. The van der Waals surface area contributed by atoms with Crippen LogP contribution in [0.4, 0.5) is 8.78 Å². The van der Waals surface area contributed by atoms with Crippen LogP contribution in [-0.2, 0) is 0 Å². The lowest BCUT2D eigenvalue weighted by atomic mass is 10.1. The van der Waals surface area contributed by atoms with E-state index in [2.05, 4.69) is 15.0 Å². The maximum Gasteiger partial charge on any atom is 0.149 e. The van der Waals surface area contributed by atoms with Gasteiger partial charge in [0.1, 0.15) is 38.5 Å². The van der Waals surface area contributed by atoms with Gasteiger partial charge in [0.15, 0.2) is 0 Å². The number of nitrogens with zero attached hydrogens (tertiary/aromatic N) is 3. The van der Waals surface area contributed by atoms with Crippen molar-refractivity contribution in [3.63, 3.8) is 0 Å². The predicted octanol–water partition coefficient (Wildman–Crippen LogP) is 8.45. The Morgan fingerprint density at radius 1 is 0.781 bits per heavy atom. The van der Waals surface area contributed by atoms with Crippen molar-refractivity contribution in [1.29, 1.82) is 0 Å². The molecule has 0 fully saturated rings. The van der Waals surface area contributed by atoms with Crippen molar-refractivity contribution >= 4 is 67.9 Å². The molecule has 162 valence electrons. The molecule has 5 aromatic rings. The fourth-order valence-electron chi connectivity index (χ4n) is 3.14. The number of fused-ring (bicyclic) bond motifs is 2. The quantitative estimate of drug-likeness (QED) is 0.213. The van der Waals surface area contributed by atoms with E-state index in [1.807, 2.05) is 12.3 Å². The molecule has 9 heteroatoms. The summed E-state index contributed by atoms with van der Waals surface area (Å²) in [4.78, 5) is 12.5. The Morgan fingerprint density at radius 2 is 1.34 bits per heavy atom. The zero-order chi connectivity index (χ0) is 23.0. The summed E-state index contributed by atoms with van der Waals surface area (Å²) in [6.45, 7) is 3.62. The van der Waals surface area contributed by atoms with Crippen LogP contribution in [0, 0.1) is 25.5 Å². The third-order valence-corrected chi connectivity index (χ3v) is 6.96. The van der Waals surface area contributed by atoms with E-state index in [4.69, 9.17) is 34.8 Å². The lowest BCUT2D eigenvalue weighted by Gasteiger charge is -2.08. The molecule has 0 aliphatic heterocycles. The summed E-state index contributed by atoms with van der Waals surface area (Å²) in [6, 6.07) is 9.43. The average molecular weight is 509 g/mol. The van der Waals surface area contributed by atoms with Gasteiger partial charge in [-0.25, -0.2) is 23.7 Å². The number of thiazole rings is 1. The fraction of sp³-hybridized carbons (Fsp3) is 0.0870. The lowest BCUT2D eigenvalue weighted by molar-refractivity contribution is 0.636. The second-order valence-electron chi connectivity index (χ2n) is 6.85. The van der Waals surface area contributed by atoms with Crippen molar-refractivity contribution in [2.45, 2.75) is 13.8 Å². The van der Waals surface area contributed by atoms with Gasteiger partial charge in [-0.05, 0) is 31.5 Å². The number of para-hydroxylation sites is 2. The molecule has 0 bridgehead atoms. The van der Waals surface area contributed by atoms with Crippen LogP contribution in [0.5, 0.6) is 0 Å². The van der Waals surface area contributed by atoms with Crippen LogP contribution in [0.1, 0.15) is 11.1 Å². The molecule has 0 amide bonds. The number of hydrogen-bond acceptors (Lipinski definition) is 4. The molecule has 0 atom stereocenters. The number of benzene rings is 2. The predicted molar refractivity (Wildman–Crippen MR) is 129 cm³/mol. The van der Waals surface area contributed by atoms with Crippen LogP contribution in [0.25, 0.3) is 32.5 Å². The Balaban J connectivity index is 0.000000158. The SMILES string of the molecule is Cc1c(-c2nccs2)nc2c(F)cccc2c1Cl.Cc1c(Cl)nc2c(F)cccc2c1Cl. The highest BCUT2D eigenvalue weighted by Gasteiger charge is 2.15. The summed E-state index contributed by atoms with van der Waals surface area (Å²) in [5, 5.41) is 5.06. The molecule has 0 unspecified atom stereocenters. The standard InChI is InChI=1S/C13H8ClFN2S.C10H6Cl2FN/c1-7-10(14)8-3-2-4-9(15)12(8)17-11(7)13-16-5-6-18-13;1-5-8(11)6-3-2-4-7(13)9(6)14-10(5)12/h2-6H,1H3;2-4H,1H3. The molecule has 0 saturated carbocycles. The van der Waals surface area contributed by atoms with Crippen LogP contribution in [0.3, 0.4) is 0 Å². The summed E-state index contributed by atoms with van der Waals surface area (Å²) in [5.41, 5.74) is 2.65. The van der Waals surface area contributed by atoms with E-state index in [1.54, 1.807) is 37.4 Å². The fourth-order valence-corrected chi connectivity index (χ4v) is 4.53. The average Bonchev–Trinajstić information content (AvgIpc) is 3.31. The van der Waals surface area contributed by atoms with Crippen molar-refractivity contribution in [2.24, 2.45) is 0 Å². The highest BCUT2D eigenvalue weighted by molar-refractivity contribution is 7.13. The molecule has 0 aliphatic carbocycles. The Hall–Kier alpha value is -2.38. The van der Waals surface area contributed by atoms with Gasteiger partial charge in [-0.2, -0.15) is 0 Å². The van der Waals surface area contributed by atoms with Gasteiger partial charge in [-0.3, -0.25) is 0 Å². The van der Waals surface area contributed by atoms with Crippen LogP contribution in [0.15, 0.2) is 48.0 Å². The van der Waals surface area contributed by atoms with Crippen molar-refractivity contribution < 1.29 is 8.78 Å². The van der Waals surface area contributed by atoms with Crippen LogP contribution in [-0.4, -0.2) is 15.0 Å². The molecule has 0 N–H and O–H groups in total. The number of hydrogen-bond donors (Lipinski definition) is 0. The minimum Gasteiger partial charge on any atom is -0.243 e. The van der Waals surface area contributed by atoms with Crippen molar-refractivity contribution in [3.8, 4) is 10.7 Å². The van der Waals surface area contributed by atoms with E-state index in [1.165, 1.54) is 23.5 Å². The van der Waals surface area contributed by atoms with E-state index in [9.17, 15) is 8.78 Å². The van der Waals surface area contributed by atoms with E-state index in [0.717, 1.165) is 10.6 Å². The summed E-state index contributed by atoms with van der Waals surface area (Å²) >= 11 is 19.6. The zero-order valence-corrected chi connectivity index (χ0v) is 19.8. The number of pyridine rings is 2. The third kappa shape index (κ3) is 4.16. The maximum atomic E-state index is 13.8. The van der Waals surface area contributed by atoms with Gasteiger partial charge in [0, 0.05) is 27.9 Å². The van der Waals surface area contributed by atoms with E-state index >= 15 is 0 Å². The highest BCUT2D eigenvalue weighted by Crippen LogP contribution is 2.34. The van der Waals surface area contributed by atoms with E-state index in [-0.39, 0.29) is 16.5 Å². The summed E-state index contributed by atoms with van der Waals surface area (Å²) < 4.78 is 27.1. The molecule has 2 aromatic carbocycles. The van der Waals surface area contributed by atoms with Gasteiger partial charge in [0.25, 0.3) is 0 Å². The maximum absolute atomic E-state index is 13.8. The first-order valence-corrected chi connectivity index (χ1v) is 11.3. The van der Waals surface area contributed by atoms with Crippen molar-refractivity contribution in [3.05, 3.63) is 85.9 Å². The van der Waals surface area contributed by atoms with Gasteiger partial charge in [0.05, 0.1) is 10.0 Å². The second kappa shape index (κ2) is 9.24. The van der Waals surface area contributed by atoms with Crippen molar-refractivity contribution in [2.75, 3.05) is 0 Å². The first-order valence-electron chi connectivity index (χ1n) is 9.33. The Morgan fingerprint density at radius 3 is 1.91 bits per heavy atom. The minimum absolute atomic E-state index is 0.216. The smallest absolute Gasteiger partial charge is 0.149 e. The second-order valence-corrected chi connectivity index (χ2v) is 8.86. The first kappa shape index (κ1) is 22.8. The lowest BCUT2D eigenvalue weighted by Crippen LogP contribution is -1.93. The van der Waals surface area contributed by atoms with E-state index < -0.39 is 5.82 Å². The van der Waals surface area contributed by atoms with E-state index in [0.29, 0.717) is 37.6 Å². The molecule has 32 heavy (non-hydrogen) atoms. The molecule has 5 rings (SSSR count). The van der Waals surface area contributed by atoms with Gasteiger partial charge >= 0.3 is 0 Å². The molecule has 0 radical (unpaired) electrons. The van der Waals surface area contributed by atoms with Crippen LogP contribution < -0.4 is 0 Å². The van der Waals surface area contributed by atoms with Crippen molar-refractivity contribution in [1.82, 2.24) is 15.0 Å². The first-order chi connectivity index (χ1) is 15.3. The van der Waals surface area contributed by atoms with Gasteiger partial charge in [-0.15, -0.1) is 11.3 Å². The van der Waals surface area contributed by atoms with Crippen LogP contribution >= 0.6 is 46.1 Å². The molecular formula is C23H14Cl3F2N3S. The number of aromatic nitrogens is 3. The van der Waals surface area contributed by atoms with Gasteiger partial charge < -0.3 is 0 Å². The molecule has 3 nitrogen and oxygen atoms in total. The monoisotopic (exact) mass is 507 g/mol. The Labute approximate surface area is 201 Å². The van der Waals surface area contributed by atoms with Crippen LogP contribution in [0.2, 0.25) is 15.2 Å². The molecule has 0 saturated heterocycles. The number of rotatable bonds is 1.